The van der Waals surface area contributed by atoms with Gasteiger partial charge < -0.3 is 14.7 Å². The number of hydrogen-bond acceptors (Lipinski definition) is 3. The lowest BCUT2D eigenvalue weighted by Crippen LogP contribution is -2.48. The number of carbonyl (C=O) groups excluding carboxylic acids is 1. The first-order chi connectivity index (χ1) is 6.15. The minimum absolute atomic E-state index is 0.0974. The number of carbonyl (C=O) groups is 2. The number of aliphatic carboxylic acids is 1. The summed E-state index contributed by atoms with van der Waals surface area (Å²) in [6.07, 6.45) is 0.266. The van der Waals surface area contributed by atoms with Crippen LogP contribution < -0.4 is 0 Å². The van der Waals surface area contributed by atoms with Crippen molar-refractivity contribution >= 4 is 11.9 Å². The molecule has 1 amide bonds. The number of rotatable bonds is 2. The summed E-state index contributed by atoms with van der Waals surface area (Å²) in [6.45, 7) is 4.11. The molecule has 1 aliphatic rings. The van der Waals surface area contributed by atoms with Crippen molar-refractivity contribution < 1.29 is 19.4 Å². The van der Waals surface area contributed by atoms with Gasteiger partial charge >= 0.3 is 5.97 Å². The molecule has 0 aromatic carbocycles. The van der Waals surface area contributed by atoms with E-state index in [4.69, 9.17) is 9.84 Å². The molecule has 1 saturated heterocycles. The van der Waals surface area contributed by atoms with Gasteiger partial charge in [0.05, 0.1) is 13.2 Å². The summed E-state index contributed by atoms with van der Waals surface area (Å²) in [6, 6.07) is 0. The predicted octanol–water partition coefficient (Wildman–Crippen LogP) is -0.516. The summed E-state index contributed by atoms with van der Waals surface area (Å²) in [5.41, 5.74) is 0. The third-order valence-electron chi connectivity index (χ3n) is 1.83. The first-order valence-corrected chi connectivity index (χ1v) is 3.91. The van der Waals surface area contributed by atoms with Crippen molar-refractivity contribution in [2.75, 3.05) is 19.7 Å². The number of ether oxygens (including phenoxy) is 1. The standard InChI is InChI=1S/C8H11NO4/c1-2-7(10)9-3-4-13-6(5-9)8(11)12/h2,6H,1,3-5H2,(H,11,12). The third kappa shape index (κ3) is 2.29. The van der Waals surface area contributed by atoms with Crippen LogP contribution in [0.15, 0.2) is 12.7 Å². The van der Waals surface area contributed by atoms with Crippen LogP contribution in [-0.4, -0.2) is 47.7 Å². The summed E-state index contributed by atoms with van der Waals surface area (Å²) in [7, 11) is 0. The van der Waals surface area contributed by atoms with E-state index >= 15 is 0 Å². The van der Waals surface area contributed by atoms with Crippen molar-refractivity contribution in [1.82, 2.24) is 4.90 Å². The van der Waals surface area contributed by atoms with Gasteiger partial charge in [-0.25, -0.2) is 4.79 Å². The molecular formula is C8H11NO4. The van der Waals surface area contributed by atoms with Gasteiger partial charge in [-0.05, 0) is 6.08 Å². The lowest BCUT2D eigenvalue weighted by atomic mass is 10.2. The van der Waals surface area contributed by atoms with Gasteiger partial charge in [-0.3, -0.25) is 4.79 Å². The van der Waals surface area contributed by atoms with Gasteiger partial charge in [0.1, 0.15) is 0 Å². The minimum Gasteiger partial charge on any atom is -0.479 e. The lowest BCUT2D eigenvalue weighted by Gasteiger charge is -2.29. The molecule has 1 rings (SSSR count). The molecule has 1 unspecified atom stereocenters. The van der Waals surface area contributed by atoms with E-state index < -0.39 is 12.1 Å². The largest absolute Gasteiger partial charge is 0.479 e. The summed E-state index contributed by atoms with van der Waals surface area (Å²) in [5, 5.41) is 8.62. The highest BCUT2D eigenvalue weighted by atomic mass is 16.5. The summed E-state index contributed by atoms with van der Waals surface area (Å²) in [4.78, 5) is 23.0. The average molecular weight is 185 g/mol. The Bertz CT molecular complexity index is 238. The number of carboxylic acid groups (broad SMARTS) is 1. The second-order valence-electron chi connectivity index (χ2n) is 2.69. The highest BCUT2D eigenvalue weighted by Crippen LogP contribution is 2.05. The zero-order valence-corrected chi connectivity index (χ0v) is 7.10. The maximum atomic E-state index is 11.1. The molecule has 1 fully saturated rings. The molecule has 0 radical (unpaired) electrons. The molecule has 5 heteroatoms. The molecule has 72 valence electrons. The fourth-order valence-electron chi connectivity index (χ4n) is 1.13. The Morgan fingerprint density at radius 2 is 2.31 bits per heavy atom. The molecule has 1 aliphatic heterocycles. The Balaban J connectivity index is 2.56. The van der Waals surface area contributed by atoms with E-state index in [1.165, 1.54) is 11.0 Å². The van der Waals surface area contributed by atoms with Gasteiger partial charge in [-0.15, -0.1) is 0 Å². The summed E-state index contributed by atoms with van der Waals surface area (Å²) >= 11 is 0. The number of amides is 1. The smallest absolute Gasteiger partial charge is 0.334 e. The normalized spacial score (nSPS) is 22.5. The highest BCUT2D eigenvalue weighted by Gasteiger charge is 2.27. The number of nitrogens with zero attached hydrogens (tertiary/aromatic N) is 1. The zero-order valence-electron chi connectivity index (χ0n) is 7.10. The van der Waals surface area contributed by atoms with Crippen molar-refractivity contribution in [3.05, 3.63) is 12.7 Å². The highest BCUT2D eigenvalue weighted by molar-refractivity contribution is 5.87. The van der Waals surface area contributed by atoms with Gasteiger partial charge in [0.15, 0.2) is 6.10 Å². The fourth-order valence-corrected chi connectivity index (χ4v) is 1.13. The molecule has 0 aromatic heterocycles. The molecule has 0 bridgehead atoms. The van der Waals surface area contributed by atoms with Crippen LogP contribution in [0.25, 0.3) is 0 Å². The first-order valence-electron chi connectivity index (χ1n) is 3.91. The second kappa shape index (κ2) is 4.04. The van der Waals surface area contributed by atoms with Crippen LogP contribution in [0.2, 0.25) is 0 Å². The molecule has 0 aromatic rings. The first kappa shape index (κ1) is 9.73. The molecule has 13 heavy (non-hydrogen) atoms. The van der Waals surface area contributed by atoms with Gasteiger partial charge in [-0.1, -0.05) is 6.58 Å². The summed E-state index contributed by atoms with van der Waals surface area (Å²) in [5.74, 6) is -1.30. The van der Waals surface area contributed by atoms with E-state index in [9.17, 15) is 9.59 Å². The average Bonchev–Trinajstić information content (AvgIpc) is 2.17. The zero-order chi connectivity index (χ0) is 9.84. The molecule has 0 spiro atoms. The van der Waals surface area contributed by atoms with Gasteiger partial charge in [0.25, 0.3) is 0 Å². The molecule has 0 aliphatic carbocycles. The van der Waals surface area contributed by atoms with Crippen LogP contribution in [0.1, 0.15) is 0 Å². The van der Waals surface area contributed by atoms with Gasteiger partial charge in [0, 0.05) is 6.54 Å². The van der Waals surface area contributed by atoms with E-state index in [1.54, 1.807) is 0 Å². The van der Waals surface area contributed by atoms with E-state index in [-0.39, 0.29) is 19.1 Å². The number of carboxylic acids is 1. The van der Waals surface area contributed by atoms with Crippen molar-refractivity contribution in [1.29, 1.82) is 0 Å². The maximum Gasteiger partial charge on any atom is 0.334 e. The van der Waals surface area contributed by atoms with Crippen LogP contribution in [-0.2, 0) is 14.3 Å². The Morgan fingerprint density at radius 1 is 1.62 bits per heavy atom. The van der Waals surface area contributed by atoms with Crippen LogP contribution >= 0.6 is 0 Å². The fraction of sp³-hybridized carbons (Fsp3) is 0.500. The Morgan fingerprint density at radius 3 is 2.85 bits per heavy atom. The lowest BCUT2D eigenvalue weighted by molar-refractivity contribution is -0.158. The number of morpholine rings is 1. The van der Waals surface area contributed by atoms with Crippen LogP contribution in [0, 0.1) is 0 Å². The van der Waals surface area contributed by atoms with Crippen molar-refractivity contribution in [3.8, 4) is 0 Å². The second-order valence-corrected chi connectivity index (χ2v) is 2.69. The van der Waals surface area contributed by atoms with E-state index in [0.29, 0.717) is 6.54 Å². The molecule has 1 N–H and O–H groups in total. The van der Waals surface area contributed by atoms with Crippen molar-refractivity contribution in [3.63, 3.8) is 0 Å². The van der Waals surface area contributed by atoms with E-state index in [2.05, 4.69) is 6.58 Å². The topological polar surface area (TPSA) is 66.8 Å². The predicted molar refractivity (Wildman–Crippen MR) is 44.2 cm³/mol. The quantitative estimate of drug-likeness (QED) is 0.588. The van der Waals surface area contributed by atoms with Gasteiger partial charge in [0.2, 0.25) is 5.91 Å². The third-order valence-corrected chi connectivity index (χ3v) is 1.83. The van der Waals surface area contributed by atoms with Crippen LogP contribution in [0.4, 0.5) is 0 Å². The maximum absolute atomic E-state index is 11.1. The van der Waals surface area contributed by atoms with Crippen LogP contribution in [0.5, 0.6) is 0 Å². The Kier molecular flexibility index (Phi) is 3.02. The molecule has 1 heterocycles. The van der Waals surface area contributed by atoms with Crippen molar-refractivity contribution in [2.24, 2.45) is 0 Å². The van der Waals surface area contributed by atoms with E-state index in [1.807, 2.05) is 0 Å². The SMILES string of the molecule is C=CC(=O)N1CCOC(C(=O)O)C1. The van der Waals surface area contributed by atoms with Crippen molar-refractivity contribution in [2.45, 2.75) is 6.10 Å². The minimum atomic E-state index is -1.04. The van der Waals surface area contributed by atoms with Crippen LogP contribution in [0.3, 0.4) is 0 Å². The molecule has 0 saturated carbocycles. The Labute approximate surface area is 75.6 Å². The molecule has 5 nitrogen and oxygen atoms in total. The summed E-state index contributed by atoms with van der Waals surface area (Å²) < 4.78 is 4.94. The monoisotopic (exact) mass is 185 g/mol. The Hall–Kier alpha value is -1.36. The number of hydrogen-bond donors (Lipinski definition) is 1. The molecular weight excluding hydrogens is 174 g/mol. The van der Waals surface area contributed by atoms with Gasteiger partial charge in [-0.2, -0.15) is 0 Å². The van der Waals surface area contributed by atoms with E-state index in [0.717, 1.165) is 0 Å². The molecule has 1 atom stereocenters.